The van der Waals surface area contributed by atoms with E-state index >= 15 is 0 Å². The van der Waals surface area contributed by atoms with Crippen LogP contribution in [0, 0.1) is 6.92 Å². The fourth-order valence-corrected chi connectivity index (χ4v) is 2.95. The first kappa shape index (κ1) is 18.8. The maximum atomic E-state index is 12.8. The van der Waals surface area contributed by atoms with E-state index in [0.717, 1.165) is 28.2 Å². The van der Waals surface area contributed by atoms with Gasteiger partial charge in [-0.2, -0.15) is 0 Å². The van der Waals surface area contributed by atoms with Gasteiger partial charge in [-0.25, -0.2) is 0 Å². The number of rotatable bonds is 6. The molecule has 1 N–H and O–H groups in total. The van der Waals surface area contributed by atoms with E-state index in [9.17, 15) is 4.79 Å². The van der Waals surface area contributed by atoms with Crippen molar-refractivity contribution in [3.8, 4) is 11.5 Å². The normalized spacial score (nSPS) is 12.0. The summed E-state index contributed by atoms with van der Waals surface area (Å²) in [6.45, 7) is 8.06. The van der Waals surface area contributed by atoms with Gasteiger partial charge in [0.25, 0.3) is 5.91 Å². The standard InChI is InChI=1S/C21H27NO3/c1-13(2)17-12-18(14(3)11-20(17)25-6)21(23)22-15(4)16-9-7-8-10-19(16)24-5/h7-13,15H,1-6H3,(H,22,23)/t15-/m1/s1. The van der Waals surface area contributed by atoms with Crippen molar-refractivity contribution in [3.63, 3.8) is 0 Å². The van der Waals surface area contributed by atoms with E-state index in [4.69, 9.17) is 9.47 Å². The number of nitrogens with one attached hydrogen (secondary N) is 1. The molecule has 1 atom stereocenters. The maximum Gasteiger partial charge on any atom is 0.252 e. The van der Waals surface area contributed by atoms with E-state index < -0.39 is 0 Å². The summed E-state index contributed by atoms with van der Waals surface area (Å²) in [6.07, 6.45) is 0. The number of para-hydroxylation sites is 1. The summed E-state index contributed by atoms with van der Waals surface area (Å²) in [7, 11) is 3.29. The Morgan fingerprint density at radius 2 is 1.60 bits per heavy atom. The smallest absolute Gasteiger partial charge is 0.252 e. The Morgan fingerprint density at radius 1 is 0.960 bits per heavy atom. The third-order valence-corrected chi connectivity index (χ3v) is 4.40. The molecule has 2 aromatic carbocycles. The Balaban J connectivity index is 2.30. The van der Waals surface area contributed by atoms with E-state index in [0.29, 0.717) is 5.56 Å². The molecule has 4 nitrogen and oxygen atoms in total. The Bertz CT molecular complexity index is 753. The van der Waals surface area contributed by atoms with Crippen LogP contribution in [0.4, 0.5) is 0 Å². The van der Waals surface area contributed by atoms with Gasteiger partial charge in [0.15, 0.2) is 0 Å². The lowest BCUT2D eigenvalue weighted by Crippen LogP contribution is -2.27. The number of ether oxygens (including phenoxy) is 2. The van der Waals surface area contributed by atoms with E-state index in [1.54, 1.807) is 14.2 Å². The first-order valence-corrected chi connectivity index (χ1v) is 8.51. The fraction of sp³-hybridized carbons (Fsp3) is 0.381. The Morgan fingerprint density at radius 3 is 2.20 bits per heavy atom. The lowest BCUT2D eigenvalue weighted by Gasteiger charge is -2.19. The second-order valence-corrected chi connectivity index (χ2v) is 6.50. The van der Waals surface area contributed by atoms with Crippen molar-refractivity contribution in [3.05, 3.63) is 58.7 Å². The second kappa shape index (κ2) is 8.06. The molecule has 1 amide bonds. The summed E-state index contributed by atoms with van der Waals surface area (Å²) in [5.74, 6) is 1.76. The zero-order valence-corrected chi connectivity index (χ0v) is 15.8. The van der Waals surface area contributed by atoms with Crippen LogP contribution in [0.3, 0.4) is 0 Å². The van der Waals surface area contributed by atoms with Gasteiger partial charge >= 0.3 is 0 Å². The number of amides is 1. The monoisotopic (exact) mass is 341 g/mol. The molecule has 134 valence electrons. The van der Waals surface area contributed by atoms with Gasteiger partial charge in [-0.3, -0.25) is 4.79 Å². The van der Waals surface area contributed by atoms with E-state index in [-0.39, 0.29) is 17.9 Å². The molecule has 0 spiro atoms. The molecular formula is C21H27NO3. The molecule has 0 bridgehead atoms. The van der Waals surface area contributed by atoms with Gasteiger partial charge in [-0.05, 0) is 49.1 Å². The zero-order chi connectivity index (χ0) is 18.6. The second-order valence-electron chi connectivity index (χ2n) is 6.50. The Kier molecular flexibility index (Phi) is 6.07. The first-order valence-electron chi connectivity index (χ1n) is 8.51. The van der Waals surface area contributed by atoms with Crippen LogP contribution >= 0.6 is 0 Å². The highest BCUT2D eigenvalue weighted by Crippen LogP contribution is 2.30. The molecule has 0 aliphatic rings. The van der Waals surface area contributed by atoms with Gasteiger partial charge in [0.1, 0.15) is 11.5 Å². The van der Waals surface area contributed by atoms with Crippen LogP contribution in [0.2, 0.25) is 0 Å². The number of aryl methyl sites for hydroxylation is 1. The van der Waals surface area contributed by atoms with Crippen LogP contribution < -0.4 is 14.8 Å². The third kappa shape index (κ3) is 4.13. The molecule has 25 heavy (non-hydrogen) atoms. The van der Waals surface area contributed by atoms with Crippen molar-refractivity contribution in [1.29, 1.82) is 0 Å². The number of benzene rings is 2. The highest BCUT2D eigenvalue weighted by molar-refractivity contribution is 5.96. The highest BCUT2D eigenvalue weighted by atomic mass is 16.5. The van der Waals surface area contributed by atoms with Crippen molar-refractivity contribution in [2.75, 3.05) is 14.2 Å². The number of carbonyl (C=O) groups excluding carboxylic acids is 1. The van der Waals surface area contributed by atoms with Crippen molar-refractivity contribution in [2.45, 2.75) is 39.7 Å². The van der Waals surface area contributed by atoms with Gasteiger partial charge in [-0.1, -0.05) is 32.0 Å². The number of methoxy groups -OCH3 is 2. The number of hydrogen-bond acceptors (Lipinski definition) is 3. The summed E-state index contributed by atoms with van der Waals surface area (Å²) >= 11 is 0. The largest absolute Gasteiger partial charge is 0.496 e. The van der Waals surface area contributed by atoms with Crippen molar-refractivity contribution in [2.24, 2.45) is 0 Å². The van der Waals surface area contributed by atoms with Crippen molar-refractivity contribution in [1.82, 2.24) is 5.32 Å². The average Bonchev–Trinajstić information content (AvgIpc) is 2.60. The summed E-state index contributed by atoms with van der Waals surface area (Å²) in [5.41, 5.74) is 3.55. The van der Waals surface area contributed by atoms with Gasteiger partial charge in [-0.15, -0.1) is 0 Å². The van der Waals surface area contributed by atoms with Crippen LogP contribution in [-0.4, -0.2) is 20.1 Å². The van der Waals surface area contributed by atoms with Gasteiger partial charge in [0.05, 0.1) is 20.3 Å². The van der Waals surface area contributed by atoms with E-state index in [2.05, 4.69) is 19.2 Å². The summed E-state index contributed by atoms with van der Waals surface area (Å²) in [6, 6.07) is 11.4. The molecule has 0 saturated heterocycles. The first-order chi connectivity index (χ1) is 11.9. The van der Waals surface area contributed by atoms with Gasteiger partial charge in [0, 0.05) is 11.1 Å². The quantitative estimate of drug-likeness (QED) is 0.833. The predicted octanol–water partition coefficient (Wildman–Crippen LogP) is 4.63. The Hall–Kier alpha value is -2.49. The molecule has 4 heteroatoms. The van der Waals surface area contributed by atoms with Crippen LogP contribution in [0.1, 0.15) is 59.8 Å². The molecule has 2 rings (SSSR count). The van der Waals surface area contributed by atoms with Crippen LogP contribution in [0.5, 0.6) is 11.5 Å². The highest BCUT2D eigenvalue weighted by Gasteiger charge is 2.19. The van der Waals surface area contributed by atoms with E-state index in [1.165, 1.54) is 0 Å². The zero-order valence-electron chi connectivity index (χ0n) is 15.8. The minimum atomic E-state index is -0.160. The minimum absolute atomic E-state index is 0.0968. The van der Waals surface area contributed by atoms with Crippen LogP contribution in [-0.2, 0) is 0 Å². The molecule has 0 heterocycles. The average molecular weight is 341 g/mol. The van der Waals surface area contributed by atoms with Crippen LogP contribution in [0.15, 0.2) is 36.4 Å². The van der Waals surface area contributed by atoms with E-state index in [1.807, 2.05) is 50.2 Å². The molecule has 0 unspecified atom stereocenters. The third-order valence-electron chi connectivity index (χ3n) is 4.40. The predicted molar refractivity (Wildman–Crippen MR) is 101 cm³/mol. The molecule has 0 aromatic heterocycles. The SMILES string of the molecule is COc1cc(C)c(C(=O)N[C@H](C)c2ccccc2OC)cc1C(C)C. The minimum Gasteiger partial charge on any atom is -0.496 e. The number of carbonyl (C=O) groups is 1. The molecule has 0 radical (unpaired) electrons. The molecule has 2 aromatic rings. The number of hydrogen-bond donors (Lipinski definition) is 1. The van der Waals surface area contributed by atoms with Crippen molar-refractivity contribution < 1.29 is 14.3 Å². The molecule has 0 aliphatic heterocycles. The van der Waals surface area contributed by atoms with Crippen LogP contribution in [0.25, 0.3) is 0 Å². The maximum absolute atomic E-state index is 12.8. The topological polar surface area (TPSA) is 47.6 Å². The lowest BCUT2D eigenvalue weighted by atomic mass is 9.95. The van der Waals surface area contributed by atoms with Gasteiger partial charge < -0.3 is 14.8 Å². The fourth-order valence-electron chi connectivity index (χ4n) is 2.95. The Labute approximate surface area is 150 Å². The summed E-state index contributed by atoms with van der Waals surface area (Å²) < 4.78 is 10.8. The molecule has 0 saturated carbocycles. The molecule has 0 fully saturated rings. The van der Waals surface area contributed by atoms with Gasteiger partial charge in [0.2, 0.25) is 0 Å². The lowest BCUT2D eigenvalue weighted by molar-refractivity contribution is 0.0938. The molecule has 0 aliphatic carbocycles. The summed E-state index contributed by atoms with van der Waals surface area (Å²) in [5, 5.41) is 3.07. The summed E-state index contributed by atoms with van der Waals surface area (Å²) in [4.78, 5) is 12.8. The van der Waals surface area contributed by atoms with Crippen molar-refractivity contribution >= 4 is 5.91 Å². The molecular weight excluding hydrogens is 314 g/mol.